The van der Waals surface area contributed by atoms with E-state index in [1.165, 1.54) is 63.2 Å². The average molecular weight is 271 g/mol. The van der Waals surface area contributed by atoms with Gasteiger partial charge >= 0.3 is 0 Å². The normalized spacial score (nSPS) is 27.3. The summed E-state index contributed by atoms with van der Waals surface area (Å²) in [5, 5.41) is 3.54. The lowest BCUT2D eigenvalue weighted by Crippen LogP contribution is -2.47. The third kappa shape index (κ3) is 2.57. The van der Waals surface area contributed by atoms with Crippen LogP contribution in [0.1, 0.15) is 30.7 Å². The third-order valence-corrected chi connectivity index (χ3v) is 5.20. The van der Waals surface area contributed by atoms with Crippen LogP contribution in [0.2, 0.25) is 0 Å². The van der Waals surface area contributed by atoms with Gasteiger partial charge in [-0.15, -0.1) is 0 Å². The molecule has 2 fully saturated rings. The number of anilines is 1. The lowest BCUT2D eigenvalue weighted by atomic mass is 9.97. The van der Waals surface area contributed by atoms with E-state index < -0.39 is 0 Å². The molecule has 1 aliphatic carbocycles. The predicted molar refractivity (Wildman–Crippen MR) is 83.3 cm³/mol. The Bertz CT molecular complexity index is 461. The number of hydrogen-bond acceptors (Lipinski definition) is 3. The molecule has 0 aromatic heterocycles. The molecule has 0 radical (unpaired) electrons. The second-order valence-corrected chi connectivity index (χ2v) is 6.56. The van der Waals surface area contributed by atoms with Crippen LogP contribution in [0.3, 0.4) is 0 Å². The molecule has 2 heterocycles. The molecule has 1 aromatic rings. The van der Waals surface area contributed by atoms with Crippen molar-refractivity contribution in [3.05, 3.63) is 29.8 Å². The van der Waals surface area contributed by atoms with Crippen LogP contribution in [0.25, 0.3) is 0 Å². The highest BCUT2D eigenvalue weighted by atomic mass is 15.3. The fourth-order valence-corrected chi connectivity index (χ4v) is 3.74. The third-order valence-electron chi connectivity index (χ3n) is 5.20. The standard InChI is InChI=1S/C17H25N3/c1-2-4-17-16(3-1)14(13-18-17)7-8-19-9-11-20(12-10-19)15-5-6-15/h1-4,14-15,18H,5-13H2. The molecule has 1 N–H and O–H groups in total. The second kappa shape index (κ2) is 5.38. The molecular weight excluding hydrogens is 246 g/mol. The maximum absolute atomic E-state index is 3.54. The Kier molecular flexibility index (Phi) is 3.41. The van der Waals surface area contributed by atoms with Gasteiger partial charge in [-0.1, -0.05) is 18.2 Å². The van der Waals surface area contributed by atoms with Gasteiger partial charge in [0.25, 0.3) is 0 Å². The first-order valence-corrected chi connectivity index (χ1v) is 8.19. The average Bonchev–Trinajstić information content (AvgIpc) is 3.27. The largest absolute Gasteiger partial charge is 0.384 e. The predicted octanol–water partition coefficient (Wildman–Crippen LogP) is 2.37. The van der Waals surface area contributed by atoms with E-state index >= 15 is 0 Å². The van der Waals surface area contributed by atoms with E-state index in [0.29, 0.717) is 5.92 Å². The summed E-state index contributed by atoms with van der Waals surface area (Å²) in [5.41, 5.74) is 2.89. The van der Waals surface area contributed by atoms with Gasteiger partial charge < -0.3 is 10.2 Å². The van der Waals surface area contributed by atoms with Crippen molar-refractivity contribution in [2.75, 3.05) is 44.6 Å². The van der Waals surface area contributed by atoms with Gasteiger partial charge in [0.1, 0.15) is 0 Å². The Morgan fingerprint density at radius 2 is 1.85 bits per heavy atom. The van der Waals surface area contributed by atoms with Crippen LogP contribution in [-0.4, -0.2) is 55.1 Å². The van der Waals surface area contributed by atoms with Gasteiger partial charge in [0, 0.05) is 50.4 Å². The van der Waals surface area contributed by atoms with Crippen molar-refractivity contribution in [1.29, 1.82) is 0 Å². The van der Waals surface area contributed by atoms with Gasteiger partial charge in [0.2, 0.25) is 0 Å². The first-order chi connectivity index (χ1) is 9.90. The van der Waals surface area contributed by atoms with Crippen molar-refractivity contribution in [2.45, 2.75) is 31.2 Å². The number of piperazine rings is 1. The summed E-state index contributed by atoms with van der Waals surface area (Å²) in [4.78, 5) is 5.36. The number of benzene rings is 1. The van der Waals surface area contributed by atoms with Crippen molar-refractivity contribution >= 4 is 5.69 Å². The van der Waals surface area contributed by atoms with E-state index in [9.17, 15) is 0 Å². The van der Waals surface area contributed by atoms with Crippen LogP contribution in [-0.2, 0) is 0 Å². The topological polar surface area (TPSA) is 18.5 Å². The summed E-state index contributed by atoms with van der Waals surface area (Å²) in [5.74, 6) is 0.715. The highest BCUT2D eigenvalue weighted by molar-refractivity contribution is 5.57. The highest BCUT2D eigenvalue weighted by Crippen LogP contribution is 2.33. The van der Waals surface area contributed by atoms with Crippen molar-refractivity contribution < 1.29 is 0 Å². The zero-order valence-corrected chi connectivity index (χ0v) is 12.2. The van der Waals surface area contributed by atoms with Crippen molar-refractivity contribution in [3.8, 4) is 0 Å². The Hall–Kier alpha value is -1.06. The molecule has 3 heteroatoms. The molecule has 0 bridgehead atoms. The van der Waals surface area contributed by atoms with E-state index in [1.807, 2.05) is 0 Å². The van der Waals surface area contributed by atoms with Crippen LogP contribution in [0, 0.1) is 0 Å². The molecule has 2 aliphatic heterocycles. The Morgan fingerprint density at radius 1 is 1.05 bits per heavy atom. The lowest BCUT2D eigenvalue weighted by molar-refractivity contribution is 0.124. The number of rotatable bonds is 4. The summed E-state index contributed by atoms with van der Waals surface area (Å²) in [6.45, 7) is 7.53. The van der Waals surface area contributed by atoms with Gasteiger partial charge in [-0.3, -0.25) is 4.90 Å². The van der Waals surface area contributed by atoms with Gasteiger partial charge in [0.05, 0.1) is 0 Å². The fourth-order valence-electron chi connectivity index (χ4n) is 3.74. The monoisotopic (exact) mass is 271 g/mol. The van der Waals surface area contributed by atoms with Crippen LogP contribution in [0.15, 0.2) is 24.3 Å². The number of para-hydroxylation sites is 1. The Balaban J connectivity index is 1.27. The second-order valence-electron chi connectivity index (χ2n) is 6.56. The molecule has 3 aliphatic rings. The number of nitrogens with zero attached hydrogens (tertiary/aromatic N) is 2. The molecule has 108 valence electrons. The first kappa shape index (κ1) is 12.7. The van der Waals surface area contributed by atoms with Crippen molar-refractivity contribution in [1.82, 2.24) is 9.80 Å². The molecule has 1 atom stereocenters. The summed E-state index contributed by atoms with van der Waals surface area (Å²) < 4.78 is 0. The molecule has 0 spiro atoms. The quantitative estimate of drug-likeness (QED) is 0.907. The van der Waals surface area contributed by atoms with E-state index in [2.05, 4.69) is 39.4 Å². The molecule has 20 heavy (non-hydrogen) atoms. The van der Waals surface area contributed by atoms with Gasteiger partial charge in [-0.2, -0.15) is 0 Å². The number of nitrogens with one attached hydrogen (secondary N) is 1. The van der Waals surface area contributed by atoms with E-state index in [1.54, 1.807) is 0 Å². The summed E-state index contributed by atoms with van der Waals surface area (Å²) in [7, 11) is 0. The van der Waals surface area contributed by atoms with Crippen molar-refractivity contribution in [2.24, 2.45) is 0 Å². The van der Waals surface area contributed by atoms with Crippen LogP contribution in [0.5, 0.6) is 0 Å². The molecule has 4 rings (SSSR count). The maximum Gasteiger partial charge on any atom is 0.0376 e. The minimum Gasteiger partial charge on any atom is -0.384 e. The molecule has 1 saturated heterocycles. The summed E-state index contributed by atoms with van der Waals surface area (Å²) in [6.07, 6.45) is 4.20. The Labute approximate surface area is 121 Å². The van der Waals surface area contributed by atoms with Crippen molar-refractivity contribution in [3.63, 3.8) is 0 Å². The molecule has 1 aromatic carbocycles. The Morgan fingerprint density at radius 3 is 2.65 bits per heavy atom. The van der Waals surface area contributed by atoms with Gasteiger partial charge in [-0.05, 0) is 37.4 Å². The molecular formula is C17H25N3. The number of fused-ring (bicyclic) bond motifs is 1. The summed E-state index contributed by atoms with van der Waals surface area (Å²) in [6, 6.07) is 9.76. The van der Waals surface area contributed by atoms with Crippen LogP contribution < -0.4 is 5.32 Å². The molecule has 3 nitrogen and oxygen atoms in total. The molecule has 1 saturated carbocycles. The number of hydrogen-bond donors (Lipinski definition) is 1. The minimum atomic E-state index is 0.715. The smallest absolute Gasteiger partial charge is 0.0376 e. The SMILES string of the molecule is c1ccc2c(c1)NCC2CCN1CCN(C2CC2)CC1. The van der Waals surface area contributed by atoms with Gasteiger partial charge in [0.15, 0.2) is 0 Å². The lowest BCUT2D eigenvalue weighted by Gasteiger charge is -2.35. The van der Waals surface area contributed by atoms with Crippen LogP contribution in [0.4, 0.5) is 5.69 Å². The zero-order chi connectivity index (χ0) is 13.4. The van der Waals surface area contributed by atoms with E-state index in [-0.39, 0.29) is 0 Å². The first-order valence-electron chi connectivity index (χ1n) is 8.19. The van der Waals surface area contributed by atoms with E-state index in [4.69, 9.17) is 0 Å². The zero-order valence-electron chi connectivity index (χ0n) is 12.2. The fraction of sp³-hybridized carbons (Fsp3) is 0.647. The minimum absolute atomic E-state index is 0.715. The maximum atomic E-state index is 3.54. The van der Waals surface area contributed by atoms with Gasteiger partial charge in [-0.25, -0.2) is 0 Å². The summed E-state index contributed by atoms with van der Waals surface area (Å²) >= 11 is 0. The van der Waals surface area contributed by atoms with E-state index in [0.717, 1.165) is 12.6 Å². The molecule has 1 unspecified atom stereocenters. The van der Waals surface area contributed by atoms with Crippen LogP contribution >= 0.6 is 0 Å². The molecule has 0 amide bonds. The highest BCUT2D eigenvalue weighted by Gasteiger charge is 2.31.